The number of nitrogens with two attached hydrogens (primary N) is 1. The number of carbonyl (C=O) groups is 1. The van der Waals surface area contributed by atoms with Gasteiger partial charge in [0.2, 0.25) is 0 Å². The molecular formula is C25H24N6O2. The van der Waals surface area contributed by atoms with E-state index in [0.717, 1.165) is 16.7 Å². The quantitative estimate of drug-likeness (QED) is 0.410. The molecule has 1 aliphatic carbocycles. The Labute approximate surface area is 190 Å². The number of amides is 1. The molecular weight excluding hydrogens is 416 g/mol. The molecule has 0 saturated heterocycles. The third-order valence-electron chi connectivity index (χ3n) is 5.94. The summed E-state index contributed by atoms with van der Waals surface area (Å²) in [7, 11) is 0. The molecule has 166 valence electrons. The van der Waals surface area contributed by atoms with Crippen LogP contribution in [0.15, 0.2) is 67.0 Å². The van der Waals surface area contributed by atoms with Gasteiger partial charge in [-0.15, -0.1) is 0 Å². The van der Waals surface area contributed by atoms with Gasteiger partial charge >= 0.3 is 0 Å². The molecule has 2 aromatic heterocycles. The second kappa shape index (κ2) is 8.48. The van der Waals surface area contributed by atoms with Crippen molar-refractivity contribution in [3.63, 3.8) is 0 Å². The van der Waals surface area contributed by atoms with Gasteiger partial charge in [0.05, 0.1) is 17.5 Å². The van der Waals surface area contributed by atoms with Crippen molar-refractivity contribution in [1.82, 2.24) is 25.1 Å². The number of nitrogen functional groups attached to an aromatic ring is 1. The Bertz CT molecular complexity index is 1360. The zero-order valence-corrected chi connectivity index (χ0v) is 18.1. The molecule has 0 saturated carbocycles. The topological polar surface area (TPSA) is 119 Å². The van der Waals surface area contributed by atoms with Gasteiger partial charge in [0, 0.05) is 24.1 Å². The van der Waals surface area contributed by atoms with Crippen LogP contribution in [0.4, 0.5) is 5.82 Å². The van der Waals surface area contributed by atoms with Crippen molar-refractivity contribution >= 4 is 22.8 Å². The molecule has 4 aromatic rings. The summed E-state index contributed by atoms with van der Waals surface area (Å²) in [4.78, 5) is 21.0. The van der Waals surface area contributed by atoms with Crippen molar-refractivity contribution in [2.75, 3.05) is 5.73 Å². The Morgan fingerprint density at radius 1 is 1.15 bits per heavy atom. The molecule has 1 aliphatic rings. The first-order valence-electron chi connectivity index (χ1n) is 10.8. The highest BCUT2D eigenvalue weighted by Crippen LogP contribution is 2.34. The predicted molar refractivity (Wildman–Crippen MR) is 126 cm³/mol. The molecule has 0 radical (unpaired) electrons. The molecule has 8 nitrogen and oxygen atoms in total. The average Bonchev–Trinajstić information content (AvgIpc) is 3.42. The summed E-state index contributed by atoms with van der Waals surface area (Å²) >= 11 is 0. The van der Waals surface area contributed by atoms with Gasteiger partial charge in [-0.05, 0) is 24.1 Å². The van der Waals surface area contributed by atoms with Crippen LogP contribution in [-0.4, -0.2) is 36.9 Å². The molecule has 1 amide bonds. The second-order valence-electron chi connectivity index (χ2n) is 8.20. The first-order chi connectivity index (χ1) is 16.0. The van der Waals surface area contributed by atoms with Crippen LogP contribution < -0.4 is 11.1 Å². The van der Waals surface area contributed by atoms with Gasteiger partial charge in [0.1, 0.15) is 17.8 Å². The molecule has 2 heterocycles. The molecule has 5 rings (SSSR count). The number of rotatable bonds is 5. The van der Waals surface area contributed by atoms with Crippen LogP contribution in [0.2, 0.25) is 0 Å². The maximum atomic E-state index is 12.5. The minimum Gasteiger partial charge on any atom is -0.389 e. The number of fused-ring (bicyclic) bond motifs is 1. The number of aliphatic hydroxyl groups is 1. The van der Waals surface area contributed by atoms with E-state index in [-0.39, 0.29) is 11.9 Å². The first-order valence-corrected chi connectivity index (χ1v) is 10.8. The summed E-state index contributed by atoms with van der Waals surface area (Å²) in [6, 6.07) is 15.2. The van der Waals surface area contributed by atoms with Crippen LogP contribution in [0.25, 0.3) is 22.3 Å². The van der Waals surface area contributed by atoms with Crippen molar-refractivity contribution in [2.45, 2.75) is 32.0 Å². The van der Waals surface area contributed by atoms with E-state index >= 15 is 0 Å². The molecule has 4 N–H and O–H groups in total. The van der Waals surface area contributed by atoms with Gasteiger partial charge in [-0.3, -0.25) is 4.79 Å². The lowest BCUT2D eigenvalue weighted by Gasteiger charge is -2.10. The standard InChI is InChI=1S/C25H24N6O2/c1-15-4-2-3-5-20(15)25(33)27-13-16-6-8-17(9-7-16)22-21-23(26)28-14-29-24(21)31(30-22)18-10-11-19(32)12-18/h2-11,14,18-19,32H,12-13H2,1H3,(H,27,33)(H2,26,28,29)/t18-,19+/m1/s1. The van der Waals surface area contributed by atoms with Crippen molar-refractivity contribution < 1.29 is 9.90 Å². The molecule has 33 heavy (non-hydrogen) atoms. The van der Waals surface area contributed by atoms with Crippen molar-refractivity contribution in [1.29, 1.82) is 0 Å². The van der Waals surface area contributed by atoms with E-state index in [1.807, 2.05) is 61.5 Å². The SMILES string of the molecule is Cc1ccccc1C(=O)NCc1ccc(-c2nn([C@@H]3C=C[C@H](O)C3)c3ncnc(N)c23)cc1. The van der Waals surface area contributed by atoms with E-state index in [1.165, 1.54) is 6.33 Å². The molecule has 2 atom stereocenters. The lowest BCUT2D eigenvalue weighted by molar-refractivity contribution is 0.0950. The summed E-state index contributed by atoms with van der Waals surface area (Å²) in [6.45, 7) is 2.34. The van der Waals surface area contributed by atoms with E-state index in [4.69, 9.17) is 10.8 Å². The maximum Gasteiger partial charge on any atom is 0.251 e. The van der Waals surface area contributed by atoms with Crippen LogP contribution in [0, 0.1) is 6.92 Å². The third kappa shape index (κ3) is 3.96. The Hall–Kier alpha value is -4.04. The number of nitrogens with one attached hydrogen (secondary N) is 1. The number of hydrogen-bond acceptors (Lipinski definition) is 6. The van der Waals surface area contributed by atoms with E-state index in [0.29, 0.717) is 41.1 Å². The van der Waals surface area contributed by atoms with Crippen molar-refractivity contribution in [3.8, 4) is 11.3 Å². The number of carbonyl (C=O) groups excluding carboxylic acids is 1. The molecule has 8 heteroatoms. The van der Waals surface area contributed by atoms with Crippen molar-refractivity contribution in [2.24, 2.45) is 0 Å². The fraction of sp³-hybridized carbons (Fsp3) is 0.200. The predicted octanol–water partition coefficient (Wildman–Crippen LogP) is 3.18. The smallest absolute Gasteiger partial charge is 0.251 e. The van der Waals surface area contributed by atoms with Gasteiger partial charge in [-0.2, -0.15) is 5.10 Å². The maximum absolute atomic E-state index is 12.5. The van der Waals surface area contributed by atoms with Gasteiger partial charge in [0.15, 0.2) is 5.65 Å². The number of aryl methyl sites for hydroxylation is 1. The lowest BCUT2D eigenvalue weighted by Crippen LogP contribution is -2.23. The number of nitrogens with zero attached hydrogens (tertiary/aromatic N) is 4. The Kier molecular flexibility index (Phi) is 5.35. The number of hydrogen-bond donors (Lipinski definition) is 3. The van der Waals surface area contributed by atoms with Gasteiger partial charge < -0.3 is 16.2 Å². The number of anilines is 1. The summed E-state index contributed by atoms with van der Waals surface area (Å²) in [5, 5.41) is 18.4. The minimum atomic E-state index is -0.494. The monoisotopic (exact) mass is 440 g/mol. The fourth-order valence-corrected chi connectivity index (χ4v) is 4.16. The summed E-state index contributed by atoms with van der Waals surface area (Å²) in [5.41, 5.74) is 11.0. The average molecular weight is 441 g/mol. The lowest BCUT2D eigenvalue weighted by atomic mass is 10.1. The van der Waals surface area contributed by atoms with E-state index in [2.05, 4.69) is 15.3 Å². The molecule has 0 unspecified atom stereocenters. The van der Waals surface area contributed by atoms with Crippen LogP contribution in [0.3, 0.4) is 0 Å². The molecule has 2 aromatic carbocycles. The zero-order valence-electron chi connectivity index (χ0n) is 18.1. The van der Waals surface area contributed by atoms with E-state index < -0.39 is 6.10 Å². The number of benzene rings is 2. The highest BCUT2D eigenvalue weighted by molar-refractivity contribution is 5.98. The summed E-state index contributed by atoms with van der Waals surface area (Å²) in [5.74, 6) is 0.261. The molecule has 0 fully saturated rings. The van der Waals surface area contributed by atoms with Crippen LogP contribution in [0.1, 0.15) is 33.9 Å². The second-order valence-corrected chi connectivity index (χ2v) is 8.20. The highest BCUT2D eigenvalue weighted by Gasteiger charge is 2.25. The number of aromatic nitrogens is 4. The van der Waals surface area contributed by atoms with E-state index in [1.54, 1.807) is 10.8 Å². The molecule has 0 bridgehead atoms. The largest absolute Gasteiger partial charge is 0.389 e. The van der Waals surface area contributed by atoms with Gasteiger partial charge in [-0.1, -0.05) is 54.6 Å². The fourth-order valence-electron chi connectivity index (χ4n) is 4.16. The van der Waals surface area contributed by atoms with Crippen LogP contribution in [-0.2, 0) is 6.54 Å². The third-order valence-corrected chi connectivity index (χ3v) is 5.94. The summed E-state index contributed by atoms with van der Waals surface area (Å²) < 4.78 is 1.80. The molecule has 0 spiro atoms. The van der Waals surface area contributed by atoms with E-state index in [9.17, 15) is 9.90 Å². The van der Waals surface area contributed by atoms with Gasteiger partial charge in [0.25, 0.3) is 5.91 Å². The normalized spacial score (nSPS) is 17.5. The number of aliphatic hydroxyl groups excluding tert-OH is 1. The van der Waals surface area contributed by atoms with Crippen LogP contribution in [0.5, 0.6) is 0 Å². The highest BCUT2D eigenvalue weighted by atomic mass is 16.3. The minimum absolute atomic E-state index is 0.0959. The van der Waals surface area contributed by atoms with Gasteiger partial charge in [-0.25, -0.2) is 14.6 Å². The zero-order chi connectivity index (χ0) is 22.9. The number of allylic oxidation sites excluding steroid dienone is 1. The van der Waals surface area contributed by atoms with Crippen LogP contribution >= 0.6 is 0 Å². The Morgan fingerprint density at radius 2 is 1.94 bits per heavy atom. The first kappa shape index (κ1) is 20.8. The van der Waals surface area contributed by atoms with Crippen molar-refractivity contribution in [3.05, 3.63) is 83.7 Å². The summed E-state index contributed by atoms with van der Waals surface area (Å²) in [6.07, 6.45) is 5.17. The Morgan fingerprint density at radius 3 is 2.67 bits per heavy atom. The Balaban J connectivity index is 1.40. The molecule has 0 aliphatic heterocycles.